The minimum absolute atomic E-state index is 0.581. The van der Waals surface area contributed by atoms with Crippen molar-refractivity contribution in [2.75, 3.05) is 20.2 Å². The van der Waals surface area contributed by atoms with Gasteiger partial charge in [-0.15, -0.1) is 0 Å². The van der Waals surface area contributed by atoms with Crippen molar-refractivity contribution in [3.8, 4) is 5.75 Å². The van der Waals surface area contributed by atoms with E-state index in [1.807, 2.05) is 12.1 Å². The molecule has 1 fully saturated rings. The van der Waals surface area contributed by atoms with Crippen molar-refractivity contribution in [3.05, 3.63) is 64.7 Å². The quantitative estimate of drug-likeness (QED) is 0.853. The smallest absolute Gasteiger partial charge is 0.137 e. The normalized spacial score (nSPS) is 16.2. The van der Waals surface area contributed by atoms with Crippen LogP contribution >= 0.6 is 11.6 Å². The summed E-state index contributed by atoms with van der Waals surface area (Å²) < 4.78 is 5.20. The molecule has 0 spiro atoms. The second-order valence-electron chi connectivity index (χ2n) is 6.39. The van der Waals surface area contributed by atoms with Crippen LogP contribution in [0.4, 0.5) is 0 Å². The number of hydrogen-bond acceptors (Lipinski definition) is 3. The van der Waals surface area contributed by atoms with Gasteiger partial charge in [0.2, 0.25) is 0 Å². The Hall–Kier alpha value is -1.55. The van der Waals surface area contributed by atoms with Gasteiger partial charge in [0.15, 0.2) is 0 Å². The lowest BCUT2D eigenvalue weighted by atomic mass is 10.0. The minimum atomic E-state index is 0.581. The lowest BCUT2D eigenvalue weighted by molar-refractivity contribution is 0.190. The predicted molar refractivity (Wildman–Crippen MR) is 99.6 cm³/mol. The zero-order valence-electron chi connectivity index (χ0n) is 14.2. The molecular formula is C20H25ClN2O. The summed E-state index contributed by atoms with van der Waals surface area (Å²) in [6.45, 7) is 4.21. The Bertz CT molecular complexity index is 639. The molecule has 1 aliphatic heterocycles. The second-order valence-corrected chi connectivity index (χ2v) is 6.79. The fraction of sp³-hybridized carbons (Fsp3) is 0.400. The number of piperidine rings is 1. The molecule has 0 unspecified atom stereocenters. The number of benzene rings is 2. The Labute approximate surface area is 149 Å². The molecule has 0 atom stereocenters. The van der Waals surface area contributed by atoms with Crippen LogP contribution in [0.3, 0.4) is 0 Å². The third-order valence-electron chi connectivity index (χ3n) is 4.65. The van der Waals surface area contributed by atoms with Crippen LogP contribution < -0.4 is 10.1 Å². The first-order chi connectivity index (χ1) is 11.7. The average Bonchev–Trinajstić information content (AvgIpc) is 2.62. The van der Waals surface area contributed by atoms with Gasteiger partial charge in [-0.1, -0.05) is 48.0 Å². The van der Waals surface area contributed by atoms with Gasteiger partial charge in [0.25, 0.3) is 0 Å². The first-order valence-corrected chi connectivity index (χ1v) is 8.94. The van der Waals surface area contributed by atoms with Crippen molar-refractivity contribution >= 4 is 11.6 Å². The second kappa shape index (κ2) is 8.52. The molecule has 4 heteroatoms. The highest BCUT2D eigenvalue weighted by Crippen LogP contribution is 2.25. The number of methoxy groups -OCH3 is 1. The van der Waals surface area contributed by atoms with E-state index in [0.717, 1.165) is 31.9 Å². The Morgan fingerprint density at radius 1 is 1.08 bits per heavy atom. The monoisotopic (exact) mass is 344 g/mol. The molecule has 0 amide bonds. The van der Waals surface area contributed by atoms with Crippen LogP contribution in [0.5, 0.6) is 5.75 Å². The number of likely N-dealkylation sites (tertiary alicyclic amines) is 1. The van der Waals surface area contributed by atoms with E-state index in [-0.39, 0.29) is 0 Å². The van der Waals surface area contributed by atoms with Gasteiger partial charge in [-0.25, -0.2) is 0 Å². The molecule has 0 bridgehead atoms. The van der Waals surface area contributed by atoms with Gasteiger partial charge < -0.3 is 10.1 Å². The van der Waals surface area contributed by atoms with Crippen LogP contribution in [-0.4, -0.2) is 31.1 Å². The van der Waals surface area contributed by atoms with Crippen molar-refractivity contribution in [3.63, 3.8) is 0 Å². The van der Waals surface area contributed by atoms with E-state index in [2.05, 4.69) is 46.6 Å². The number of ether oxygens (including phenoxy) is 1. The van der Waals surface area contributed by atoms with Gasteiger partial charge >= 0.3 is 0 Å². The molecule has 128 valence electrons. The standard InChI is InChI=1S/C20H25ClN2O/c1-24-20-8-7-17(13-19(20)21)14-22-18-9-11-23(12-10-18)15-16-5-3-2-4-6-16/h2-8,13,18,22H,9-12,14-15H2,1H3. The summed E-state index contributed by atoms with van der Waals surface area (Å²) in [4.78, 5) is 2.54. The molecule has 1 aliphatic rings. The highest BCUT2D eigenvalue weighted by Gasteiger charge is 2.18. The molecular weight excluding hydrogens is 320 g/mol. The molecule has 1 N–H and O–H groups in total. The van der Waals surface area contributed by atoms with Gasteiger partial charge in [-0.3, -0.25) is 4.90 Å². The van der Waals surface area contributed by atoms with Crippen LogP contribution in [-0.2, 0) is 13.1 Å². The molecule has 0 saturated carbocycles. The van der Waals surface area contributed by atoms with E-state index in [1.165, 1.54) is 24.0 Å². The fourth-order valence-corrected chi connectivity index (χ4v) is 3.50. The highest BCUT2D eigenvalue weighted by atomic mass is 35.5. The highest BCUT2D eigenvalue weighted by molar-refractivity contribution is 6.32. The molecule has 2 aromatic rings. The van der Waals surface area contributed by atoms with Gasteiger partial charge in [-0.05, 0) is 49.2 Å². The summed E-state index contributed by atoms with van der Waals surface area (Å²) in [5.74, 6) is 0.731. The molecule has 0 radical (unpaired) electrons. The van der Waals surface area contributed by atoms with E-state index in [0.29, 0.717) is 11.1 Å². The largest absolute Gasteiger partial charge is 0.495 e. The van der Waals surface area contributed by atoms with E-state index < -0.39 is 0 Å². The van der Waals surface area contributed by atoms with Gasteiger partial charge in [0, 0.05) is 19.1 Å². The van der Waals surface area contributed by atoms with Crippen LogP contribution in [0.15, 0.2) is 48.5 Å². The number of nitrogens with zero attached hydrogens (tertiary/aromatic N) is 1. The molecule has 24 heavy (non-hydrogen) atoms. The zero-order chi connectivity index (χ0) is 16.8. The van der Waals surface area contributed by atoms with Crippen LogP contribution in [0.1, 0.15) is 24.0 Å². The number of nitrogens with one attached hydrogen (secondary N) is 1. The number of halogens is 1. The van der Waals surface area contributed by atoms with Crippen LogP contribution in [0, 0.1) is 0 Å². The lowest BCUT2D eigenvalue weighted by Gasteiger charge is -2.32. The van der Waals surface area contributed by atoms with Crippen molar-refractivity contribution in [1.82, 2.24) is 10.2 Å². The summed E-state index contributed by atoms with van der Waals surface area (Å²) in [6, 6.07) is 17.3. The van der Waals surface area contributed by atoms with Crippen LogP contribution in [0.2, 0.25) is 5.02 Å². The van der Waals surface area contributed by atoms with Gasteiger partial charge in [-0.2, -0.15) is 0 Å². The predicted octanol–water partition coefficient (Wildman–Crippen LogP) is 4.10. The molecule has 3 nitrogen and oxygen atoms in total. The number of rotatable bonds is 6. The summed E-state index contributed by atoms with van der Waals surface area (Å²) in [7, 11) is 1.64. The van der Waals surface area contributed by atoms with Crippen molar-refractivity contribution in [2.45, 2.75) is 32.0 Å². The van der Waals surface area contributed by atoms with E-state index in [4.69, 9.17) is 16.3 Å². The van der Waals surface area contributed by atoms with Crippen molar-refractivity contribution in [2.24, 2.45) is 0 Å². The average molecular weight is 345 g/mol. The summed E-state index contributed by atoms with van der Waals surface area (Å²) in [5, 5.41) is 4.34. The third-order valence-corrected chi connectivity index (χ3v) is 4.94. The van der Waals surface area contributed by atoms with E-state index in [9.17, 15) is 0 Å². The Kier molecular flexibility index (Phi) is 6.13. The molecule has 0 aliphatic carbocycles. The van der Waals surface area contributed by atoms with Gasteiger partial charge in [0.1, 0.15) is 5.75 Å². The first kappa shape index (κ1) is 17.3. The molecule has 1 saturated heterocycles. The van der Waals surface area contributed by atoms with E-state index >= 15 is 0 Å². The minimum Gasteiger partial charge on any atom is -0.495 e. The Morgan fingerprint density at radius 3 is 2.50 bits per heavy atom. The maximum absolute atomic E-state index is 6.19. The summed E-state index contributed by atoms with van der Waals surface area (Å²) in [5.41, 5.74) is 2.60. The Morgan fingerprint density at radius 2 is 1.83 bits per heavy atom. The van der Waals surface area contributed by atoms with Gasteiger partial charge in [0.05, 0.1) is 12.1 Å². The molecule has 2 aromatic carbocycles. The zero-order valence-corrected chi connectivity index (χ0v) is 14.9. The lowest BCUT2D eigenvalue weighted by Crippen LogP contribution is -2.41. The maximum atomic E-state index is 6.19. The fourth-order valence-electron chi connectivity index (χ4n) is 3.22. The van der Waals surface area contributed by atoms with Crippen molar-refractivity contribution < 1.29 is 4.74 Å². The first-order valence-electron chi connectivity index (χ1n) is 8.56. The summed E-state index contributed by atoms with van der Waals surface area (Å²) >= 11 is 6.19. The number of hydrogen-bond donors (Lipinski definition) is 1. The summed E-state index contributed by atoms with van der Waals surface area (Å²) in [6.07, 6.45) is 2.38. The third kappa shape index (κ3) is 4.73. The SMILES string of the molecule is COc1ccc(CNC2CCN(Cc3ccccc3)CC2)cc1Cl. The molecule has 1 heterocycles. The van der Waals surface area contributed by atoms with E-state index in [1.54, 1.807) is 7.11 Å². The Balaban J connectivity index is 1.43. The van der Waals surface area contributed by atoms with Crippen molar-refractivity contribution in [1.29, 1.82) is 0 Å². The molecule has 3 rings (SSSR count). The van der Waals surface area contributed by atoms with Crippen LogP contribution in [0.25, 0.3) is 0 Å². The topological polar surface area (TPSA) is 24.5 Å². The maximum Gasteiger partial charge on any atom is 0.137 e. The molecule has 0 aromatic heterocycles.